The Hall–Kier alpha value is -1.10. The predicted molar refractivity (Wildman–Crippen MR) is 59.6 cm³/mol. The molecule has 1 heterocycles. The zero-order valence-corrected chi connectivity index (χ0v) is 10.0. The topological polar surface area (TPSA) is 76.7 Å². The van der Waals surface area contributed by atoms with Gasteiger partial charge in [0.25, 0.3) is 0 Å². The zero-order valence-electron chi connectivity index (χ0n) is 10.0. The van der Waals surface area contributed by atoms with Crippen molar-refractivity contribution in [3.05, 3.63) is 16.3 Å². The highest BCUT2D eigenvalue weighted by Crippen LogP contribution is 2.29. The Balaban J connectivity index is 3.21. The molecule has 0 unspecified atom stereocenters. The van der Waals surface area contributed by atoms with E-state index in [0.29, 0.717) is 5.82 Å². The quantitative estimate of drug-likeness (QED) is 0.773. The third kappa shape index (κ3) is 2.28. The Morgan fingerprint density at radius 2 is 1.93 bits per heavy atom. The first kappa shape index (κ1) is 12.0. The van der Waals surface area contributed by atoms with Crippen molar-refractivity contribution < 1.29 is 0 Å². The Kier molecular flexibility index (Phi) is 3.04. The van der Waals surface area contributed by atoms with Crippen molar-refractivity contribution in [3.8, 4) is 0 Å². The molecule has 0 fully saturated rings. The second-order valence-corrected chi connectivity index (χ2v) is 5.19. The lowest BCUT2D eigenvalue weighted by atomic mass is 9.87. The predicted octanol–water partition coefficient (Wildman–Crippen LogP) is 1.20. The van der Waals surface area contributed by atoms with E-state index < -0.39 is 0 Å². The molecule has 0 bridgehead atoms. The lowest BCUT2D eigenvalue weighted by molar-refractivity contribution is 0.302. The molecule has 86 valence electrons. The lowest BCUT2D eigenvalue weighted by Gasteiger charge is -2.26. The van der Waals surface area contributed by atoms with E-state index in [1.54, 1.807) is 4.57 Å². The molecule has 0 saturated heterocycles. The van der Waals surface area contributed by atoms with Crippen LogP contribution in [0.4, 0.5) is 0 Å². The van der Waals surface area contributed by atoms with Gasteiger partial charge in [-0.25, -0.2) is 9.89 Å². The molecule has 1 atom stereocenters. The van der Waals surface area contributed by atoms with Gasteiger partial charge in [0.05, 0.1) is 6.04 Å². The van der Waals surface area contributed by atoms with E-state index in [2.05, 4.69) is 10.2 Å². The van der Waals surface area contributed by atoms with Gasteiger partial charge < -0.3 is 5.73 Å². The minimum absolute atomic E-state index is 0.0691. The summed E-state index contributed by atoms with van der Waals surface area (Å²) in [5.74, 6) is 0.627. The fourth-order valence-electron chi connectivity index (χ4n) is 1.42. The summed E-state index contributed by atoms with van der Waals surface area (Å²) in [5, 5.41) is 6.45. The summed E-state index contributed by atoms with van der Waals surface area (Å²) < 4.78 is 1.61. The van der Waals surface area contributed by atoms with Gasteiger partial charge in [-0.3, -0.25) is 4.57 Å². The number of rotatable bonds is 2. The average molecular weight is 212 g/mol. The molecule has 0 aliphatic carbocycles. The highest BCUT2D eigenvalue weighted by Gasteiger charge is 2.28. The first-order valence-corrected chi connectivity index (χ1v) is 5.17. The molecule has 15 heavy (non-hydrogen) atoms. The van der Waals surface area contributed by atoms with Gasteiger partial charge in [0.2, 0.25) is 0 Å². The number of nitrogens with one attached hydrogen (secondary N) is 1. The molecule has 0 aliphatic rings. The van der Waals surface area contributed by atoms with Crippen molar-refractivity contribution in [1.29, 1.82) is 0 Å². The smallest absolute Gasteiger partial charge is 0.321 e. The van der Waals surface area contributed by atoms with Gasteiger partial charge in [-0.1, -0.05) is 20.8 Å². The molecule has 1 aromatic rings. The Morgan fingerprint density at radius 1 is 1.40 bits per heavy atom. The Bertz CT molecular complexity index is 383. The van der Waals surface area contributed by atoms with Crippen LogP contribution in [0.3, 0.4) is 0 Å². The molecule has 5 nitrogen and oxygen atoms in total. The maximum Gasteiger partial charge on any atom is 0.343 e. The minimum atomic E-state index is -0.251. The van der Waals surface area contributed by atoms with Gasteiger partial charge in [0.1, 0.15) is 0 Å². The maximum absolute atomic E-state index is 11.5. The molecule has 5 heteroatoms. The highest BCUT2D eigenvalue weighted by molar-refractivity contribution is 5.00. The number of nitrogens with zero attached hydrogens (tertiary/aromatic N) is 2. The zero-order chi connectivity index (χ0) is 11.8. The fourth-order valence-corrected chi connectivity index (χ4v) is 1.42. The van der Waals surface area contributed by atoms with Crippen LogP contribution in [0.1, 0.15) is 52.5 Å². The van der Waals surface area contributed by atoms with Crippen molar-refractivity contribution >= 4 is 0 Å². The lowest BCUT2D eigenvalue weighted by Crippen LogP contribution is -2.32. The molecule has 0 saturated carbocycles. The number of nitrogens with two attached hydrogens (primary N) is 1. The number of hydrogen-bond acceptors (Lipinski definition) is 3. The molecule has 1 aromatic heterocycles. The van der Waals surface area contributed by atoms with E-state index in [1.807, 2.05) is 34.6 Å². The minimum Gasteiger partial charge on any atom is -0.321 e. The second kappa shape index (κ2) is 3.81. The van der Waals surface area contributed by atoms with Crippen LogP contribution in [0.15, 0.2) is 4.79 Å². The monoisotopic (exact) mass is 212 g/mol. The van der Waals surface area contributed by atoms with Crippen LogP contribution in [-0.4, -0.2) is 14.8 Å². The third-order valence-corrected chi connectivity index (χ3v) is 2.46. The van der Waals surface area contributed by atoms with Gasteiger partial charge in [0, 0.05) is 6.04 Å². The number of H-pyrrole nitrogens is 1. The van der Waals surface area contributed by atoms with Gasteiger partial charge in [0.15, 0.2) is 5.82 Å². The first-order chi connectivity index (χ1) is 6.75. The van der Waals surface area contributed by atoms with E-state index in [0.717, 1.165) is 0 Å². The summed E-state index contributed by atoms with van der Waals surface area (Å²) in [4.78, 5) is 11.5. The van der Waals surface area contributed by atoms with Crippen molar-refractivity contribution in [2.75, 3.05) is 0 Å². The molecule has 0 spiro atoms. The number of hydrogen-bond donors (Lipinski definition) is 2. The van der Waals surface area contributed by atoms with E-state index in [4.69, 9.17) is 5.73 Å². The van der Waals surface area contributed by atoms with E-state index in [9.17, 15) is 4.79 Å². The molecule has 0 radical (unpaired) electrons. The normalized spacial score (nSPS) is 14.6. The van der Waals surface area contributed by atoms with Crippen molar-refractivity contribution in [3.63, 3.8) is 0 Å². The standard InChI is InChI=1S/C10H20N4O/c1-6(2)14-8(12-13-9(14)15)7(11)10(3,4)5/h6-7H,11H2,1-5H3,(H,13,15)/t7-/m1/s1. The molecular weight excluding hydrogens is 192 g/mol. The van der Waals surface area contributed by atoms with E-state index in [-0.39, 0.29) is 23.2 Å². The third-order valence-electron chi connectivity index (χ3n) is 2.46. The molecule has 0 aromatic carbocycles. The molecular formula is C10H20N4O. The summed E-state index contributed by atoms with van der Waals surface area (Å²) in [6.45, 7) is 9.97. The van der Waals surface area contributed by atoms with Crippen LogP contribution in [0, 0.1) is 5.41 Å². The van der Waals surface area contributed by atoms with Crippen molar-refractivity contribution in [1.82, 2.24) is 14.8 Å². The first-order valence-electron chi connectivity index (χ1n) is 5.17. The van der Waals surface area contributed by atoms with Crippen LogP contribution in [0.25, 0.3) is 0 Å². The van der Waals surface area contributed by atoms with Crippen LogP contribution >= 0.6 is 0 Å². The SMILES string of the molecule is CC(C)n1c([C@@H](N)C(C)(C)C)n[nH]c1=O. The fraction of sp³-hybridized carbons (Fsp3) is 0.800. The average Bonchev–Trinajstić information content (AvgIpc) is 2.43. The summed E-state index contributed by atoms with van der Waals surface area (Å²) >= 11 is 0. The highest BCUT2D eigenvalue weighted by atomic mass is 16.1. The summed E-state index contributed by atoms with van der Waals surface area (Å²) in [6, 6.07) is -0.182. The summed E-state index contributed by atoms with van der Waals surface area (Å²) in [5.41, 5.74) is 5.77. The second-order valence-electron chi connectivity index (χ2n) is 5.19. The summed E-state index contributed by atoms with van der Waals surface area (Å²) in [6.07, 6.45) is 0. The van der Waals surface area contributed by atoms with Gasteiger partial charge in [-0.15, -0.1) is 0 Å². The van der Waals surface area contributed by atoms with Gasteiger partial charge in [-0.05, 0) is 19.3 Å². The van der Waals surface area contributed by atoms with Crippen LogP contribution < -0.4 is 11.4 Å². The number of aromatic amines is 1. The summed E-state index contributed by atoms with van der Waals surface area (Å²) in [7, 11) is 0. The van der Waals surface area contributed by atoms with E-state index in [1.165, 1.54) is 0 Å². The Morgan fingerprint density at radius 3 is 2.33 bits per heavy atom. The van der Waals surface area contributed by atoms with Crippen LogP contribution in [-0.2, 0) is 0 Å². The van der Waals surface area contributed by atoms with Crippen molar-refractivity contribution in [2.45, 2.75) is 46.7 Å². The van der Waals surface area contributed by atoms with Crippen LogP contribution in [0.5, 0.6) is 0 Å². The molecule has 3 N–H and O–H groups in total. The Labute approximate surface area is 89.7 Å². The van der Waals surface area contributed by atoms with Gasteiger partial charge >= 0.3 is 5.69 Å². The molecule has 1 rings (SSSR count). The van der Waals surface area contributed by atoms with E-state index >= 15 is 0 Å². The molecule has 0 amide bonds. The molecule has 0 aliphatic heterocycles. The number of aromatic nitrogens is 3. The largest absolute Gasteiger partial charge is 0.343 e. The van der Waals surface area contributed by atoms with Gasteiger partial charge in [-0.2, -0.15) is 5.10 Å². The van der Waals surface area contributed by atoms with Crippen LogP contribution in [0.2, 0.25) is 0 Å². The maximum atomic E-state index is 11.5. The van der Waals surface area contributed by atoms with Crippen molar-refractivity contribution in [2.24, 2.45) is 11.1 Å².